The van der Waals surface area contributed by atoms with Crippen LogP contribution in [0.3, 0.4) is 0 Å². The minimum atomic E-state index is -0.0526. The van der Waals surface area contributed by atoms with Gasteiger partial charge in [0.05, 0.1) is 0 Å². The van der Waals surface area contributed by atoms with E-state index in [0.717, 1.165) is 32.5 Å². The summed E-state index contributed by atoms with van der Waals surface area (Å²) in [4.78, 5) is 15.4. The van der Waals surface area contributed by atoms with Gasteiger partial charge in [-0.3, -0.25) is 4.79 Å². The van der Waals surface area contributed by atoms with Crippen molar-refractivity contribution < 1.29 is 4.79 Å². The van der Waals surface area contributed by atoms with Crippen LogP contribution in [0.5, 0.6) is 0 Å². The zero-order valence-electron chi connectivity index (χ0n) is 13.0. The van der Waals surface area contributed by atoms with Gasteiger partial charge >= 0.3 is 0 Å². The lowest BCUT2D eigenvalue weighted by Crippen LogP contribution is -2.50. The number of carbonyl (C=O) groups is 1. The van der Waals surface area contributed by atoms with Gasteiger partial charge in [-0.2, -0.15) is 0 Å². The number of hydrogen-bond acceptors (Lipinski definition) is 2. The summed E-state index contributed by atoms with van der Waals surface area (Å²) in [5.41, 5.74) is -0.0526. The fraction of sp³-hybridized carbons (Fsp3) is 0.941. The minimum absolute atomic E-state index is 0.0526. The summed E-state index contributed by atoms with van der Waals surface area (Å²) in [6.45, 7) is 5.51. The predicted octanol–water partition coefficient (Wildman–Crippen LogP) is 2.95. The van der Waals surface area contributed by atoms with Crippen LogP contribution in [0.4, 0.5) is 0 Å². The molecular formula is C17H30N2O. The van der Waals surface area contributed by atoms with Gasteiger partial charge in [0.25, 0.3) is 0 Å². The zero-order valence-corrected chi connectivity index (χ0v) is 13.0. The molecule has 3 rings (SSSR count). The molecule has 20 heavy (non-hydrogen) atoms. The van der Waals surface area contributed by atoms with Crippen LogP contribution in [0.2, 0.25) is 0 Å². The molecule has 1 saturated carbocycles. The van der Waals surface area contributed by atoms with E-state index in [1.807, 2.05) is 0 Å². The molecule has 3 nitrogen and oxygen atoms in total. The van der Waals surface area contributed by atoms with E-state index in [0.29, 0.717) is 17.9 Å². The molecule has 3 fully saturated rings. The van der Waals surface area contributed by atoms with E-state index < -0.39 is 0 Å². The molecule has 1 amide bonds. The average Bonchev–Trinajstić information content (AvgIpc) is 2.97. The molecule has 0 bridgehead atoms. The second-order valence-electron chi connectivity index (χ2n) is 7.44. The standard InChI is InChI=1S/C17H30N2O/c1-17(9-3-2-4-10-17)16(20)19-12-6-8-15(19)14-7-5-11-18-13-14/h14-15,18H,2-13H2,1H3. The van der Waals surface area contributed by atoms with Gasteiger partial charge in [0.15, 0.2) is 0 Å². The Morgan fingerprint density at radius 3 is 2.60 bits per heavy atom. The Bertz CT molecular complexity index is 343. The highest BCUT2D eigenvalue weighted by atomic mass is 16.2. The Morgan fingerprint density at radius 2 is 1.90 bits per heavy atom. The van der Waals surface area contributed by atoms with Crippen LogP contribution in [0.15, 0.2) is 0 Å². The number of hydrogen-bond donors (Lipinski definition) is 1. The van der Waals surface area contributed by atoms with Crippen molar-refractivity contribution in [3.63, 3.8) is 0 Å². The summed E-state index contributed by atoms with van der Waals surface area (Å²) in [5, 5.41) is 3.52. The highest BCUT2D eigenvalue weighted by Gasteiger charge is 2.43. The largest absolute Gasteiger partial charge is 0.339 e. The monoisotopic (exact) mass is 278 g/mol. The highest BCUT2D eigenvalue weighted by Crippen LogP contribution is 2.40. The van der Waals surface area contributed by atoms with Gasteiger partial charge in [-0.25, -0.2) is 0 Å². The summed E-state index contributed by atoms with van der Waals surface area (Å²) in [7, 11) is 0. The molecule has 3 heteroatoms. The quantitative estimate of drug-likeness (QED) is 0.842. The molecule has 2 saturated heterocycles. The van der Waals surface area contributed by atoms with E-state index in [2.05, 4.69) is 17.1 Å². The number of nitrogens with zero attached hydrogens (tertiary/aromatic N) is 1. The third-order valence-electron chi connectivity index (χ3n) is 5.91. The molecule has 0 aromatic heterocycles. The Balaban J connectivity index is 1.69. The van der Waals surface area contributed by atoms with Gasteiger partial charge in [-0.15, -0.1) is 0 Å². The van der Waals surface area contributed by atoms with Gasteiger partial charge in [-0.05, 0) is 57.5 Å². The Morgan fingerprint density at radius 1 is 1.10 bits per heavy atom. The molecule has 0 radical (unpaired) electrons. The molecule has 0 aromatic carbocycles. The van der Waals surface area contributed by atoms with Gasteiger partial charge in [0, 0.05) is 18.0 Å². The fourth-order valence-electron chi connectivity index (χ4n) is 4.63. The van der Waals surface area contributed by atoms with Crippen molar-refractivity contribution in [1.82, 2.24) is 10.2 Å². The van der Waals surface area contributed by atoms with E-state index in [1.165, 1.54) is 44.9 Å². The first-order valence-corrected chi connectivity index (χ1v) is 8.72. The van der Waals surface area contributed by atoms with Crippen molar-refractivity contribution in [2.24, 2.45) is 11.3 Å². The Labute approximate surface area is 123 Å². The molecule has 0 spiro atoms. The molecule has 2 aliphatic heterocycles. The average molecular weight is 278 g/mol. The molecule has 2 heterocycles. The molecule has 3 aliphatic rings. The summed E-state index contributed by atoms with van der Waals surface area (Å²) < 4.78 is 0. The van der Waals surface area contributed by atoms with Crippen LogP contribution in [0.25, 0.3) is 0 Å². The van der Waals surface area contributed by atoms with E-state index in [1.54, 1.807) is 0 Å². The number of amides is 1. The zero-order chi connectivity index (χ0) is 14.0. The van der Waals surface area contributed by atoms with E-state index in [4.69, 9.17) is 0 Å². The normalized spacial score (nSPS) is 34.1. The first kappa shape index (κ1) is 14.4. The lowest BCUT2D eigenvalue weighted by Gasteiger charge is -2.41. The minimum Gasteiger partial charge on any atom is -0.339 e. The van der Waals surface area contributed by atoms with Crippen molar-refractivity contribution >= 4 is 5.91 Å². The Hall–Kier alpha value is -0.570. The summed E-state index contributed by atoms with van der Waals surface area (Å²) in [6, 6.07) is 0.522. The van der Waals surface area contributed by atoms with Crippen molar-refractivity contribution in [2.45, 2.75) is 70.8 Å². The van der Waals surface area contributed by atoms with Crippen LogP contribution in [0.1, 0.15) is 64.7 Å². The smallest absolute Gasteiger partial charge is 0.228 e. The molecule has 2 atom stereocenters. The van der Waals surface area contributed by atoms with Crippen LogP contribution in [-0.2, 0) is 4.79 Å². The van der Waals surface area contributed by atoms with Crippen LogP contribution in [-0.4, -0.2) is 36.5 Å². The third kappa shape index (κ3) is 2.74. The van der Waals surface area contributed by atoms with Crippen molar-refractivity contribution in [1.29, 1.82) is 0 Å². The summed E-state index contributed by atoms with van der Waals surface area (Å²) >= 11 is 0. The van der Waals surface area contributed by atoms with Crippen LogP contribution >= 0.6 is 0 Å². The predicted molar refractivity (Wildman–Crippen MR) is 81.5 cm³/mol. The van der Waals surface area contributed by atoms with Crippen LogP contribution in [0, 0.1) is 11.3 Å². The topological polar surface area (TPSA) is 32.3 Å². The number of carbonyl (C=O) groups excluding carboxylic acids is 1. The van der Waals surface area contributed by atoms with E-state index in [-0.39, 0.29) is 5.41 Å². The molecule has 2 unspecified atom stereocenters. The Kier molecular flexibility index (Phi) is 4.34. The van der Waals surface area contributed by atoms with Gasteiger partial charge < -0.3 is 10.2 Å². The van der Waals surface area contributed by atoms with E-state index >= 15 is 0 Å². The van der Waals surface area contributed by atoms with E-state index in [9.17, 15) is 4.79 Å². The fourth-order valence-corrected chi connectivity index (χ4v) is 4.63. The second kappa shape index (κ2) is 6.05. The lowest BCUT2D eigenvalue weighted by molar-refractivity contribution is -0.145. The van der Waals surface area contributed by atoms with Gasteiger partial charge in [0.2, 0.25) is 5.91 Å². The third-order valence-corrected chi connectivity index (χ3v) is 5.91. The molecule has 0 aromatic rings. The number of nitrogens with one attached hydrogen (secondary N) is 1. The van der Waals surface area contributed by atoms with Crippen molar-refractivity contribution in [3.05, 3.63) is 0 Å². The first-order chi connectivity index (χ1) is 9.71. The highest BCUT2D eigenvalue weighted by molar-refractivity contribution is 5.83. The van der Waals surface area contributed by atoms with Gasteiger partial charge in [-0.1, -0.05) is 26.2 Å². The maximum Gasteiger partial charge on any atom is 0.228 e. The lowest BCUT2D eigenvalue weighted by atomic mass is 9.74. The first-order valence-electron chi connectivity index (χ1n) is 8.72. The number of likely N-dealkylation sites (tertiary alicyclic amines) is 1. The SMILES string of the molecule is CC1(C(=O)N2CCCC2C2CCCNC2)CCCCC1. The molecular weight excluding hydrogens is 248 g/mol. The number of rotatable bonds is 2. The van der Waals surface area contributed by atoms with Crippen molar-refractivity contribution in [2.75, 3.05) is 19.6 Å². The maximum atomic E-state index is 13.1. The van der Waals surface area contributed by atoms with Gasteiger partial charge in [0.1, 0.15) is 0 Å². The summed E-state index contributed by atoms with van der Waals surface area (Å²) in [5.74, 6) is 1.17. The maximum absolute atomic E-state index is 13.1. The molecule has 1 aliphatic carbocycles. The number of piperidine rings is 1. The molecule has 1 N–H and O–H groups in total. The molecule has 114 valence electrons. The van der Waals surface area contributed by atoms with Crippen molar-refractivity contribution in [3.8, 4) is 0 Å². The summed E-state index contributed by atoms with van der Waals surface area (Å²) in [6.07, 6.45) is 11.0. The van der Waals surface area contributed by atoms with Crippen LogP contribution < -0.4 is 5.32 Å². The second-order valence-corrected chi connectivity index (χ2v) is 7.44.